The molecule has 2 aliphatic heterocycles. The number of nitrogens with one attached hydrogen (secondary N) is 3. The number of ether oxygens (including phenoxy) is 3. The Balaban J connectivity index is 1.25. The maximum absolute atomic E-state index is 14.5. The van der Waals surface area contributed by atoms with E-state index in [2.05, 4.69) is 57.5 Å². The first-order chi connectivity index (χ1) is 36.9. The topological polar surface area (TPSA) is 244 Å². The van der Waals surface area contributed by atoms with Crippen molar-refractivity contribution in [3.05, 3.63) is 41.2 Å². The van der Waals surface area contributed by atoms with Crippen molar-refractivity contribution >= 4 is 77.5 Å². The van der Waals surface area contributed by atoms with E-state index in [4.69, 9.17) is 14.2 Å². The Hall–Kier alpha value is -4.23. The number of methoxy groups -OCH3 is 2. The average molecular weight is 1240 g/mol. The number of hydrogen-bond acceptors (Lipinski definition) is 14. The quantitative estimate of drug-likeness (QED) is 0.0921. The zero-order valence-electron chi connectivity index (χ0n) is 47.7. The fourth-order valence-corrected chi connectivity index (χ4v) is 13.4. The number of piperidine rings is 1. The van der Waals surface area contributed by atoms with Gasteiger partial charge in [-0.15, -0.1) is 5.10 Å². The number of likely N-dealkylation sites (N-methyl/N-ethyl adjacent to an activating group) is 2. The summed E-state index contributed by atoms with van der Waals surface area (Å²) in [6.45, 7) is 15.5. The van der Waals surface area contributed by atoms with Crippen LogP contribution in [0.15, 0.2) is 24.3 Å². The summed E-state index contributed by atoms with van der Waals surface area (Å²) >= 11 is 7.00. The molecule has 0 bridgehead atoms. The Morgan fingerprint density at radius 3 is 2.01 bits per heavy atom. The average Bonchev–Trinajstić information content (AvgIpc) is 4.06. The third kappa shape index (κ3) is 16.7. The van der Waals surface area contributed by atoms with Gasteiger partial charge in [0, 0.05) is 64.5 Å². The summed E-state index contributed by atoms with van der Waals surface area (Å²) in [5, 5.41) is 15.0. The minimum atomic E-state index is -3.99. The molecular weight excluding hydrogens is 1160 g/mol. The van der Waals surface area contributed by atoms with Crippen LogP contribution in [-0.2, 0) is 67.1 Å². The first kappa shape index (κ1) is 64.6. The van der Waals surface area contributed by atoms with Gasteiger partial charge in [0.2, 0.25) is 33.7 Å². The molecule has 1 saturated carbocycles. The molecule has 1 aromatic heterocycles. The number of sulfonamides is 1. The van der Waals surface area contributed by atoms with Crippen molar-refractivity contribution in [1.82, 2.24) is 49.9 Å². The van der Waals surface area contributed by atoms with Crippen LogP contribution in [0.3, 0.4) is 0 Å². The molecule has 2 saturated heterocycles. The van der Waals surface area contributed by atoms with Gasteiger partial charge in [-0.25, -0.2) is 17.9 Å². The molecule has 9 atom stereocenters. The molecule has 438 valence electrons. The number of benzene rings is 1. The van der Waals surface area contributed by atoms with Crippen molar-refractivity contribution in [2.24, 2.45) is 29.6 Å². The molecule has 3 fully saturated rings. The van der Waals surface area contributed by atoms with E-state index in [9.17, 15) is 37.2 Å². The van der Waals surface area contributed by atoms with Gasteiger partial charge in [0.05, 0.1) is 59.3 Å². The second-order valence-corrected chi connectivity index (χ2v) is 25.4. The molecular formula is C54H86Br2N10O11S. The van der Waals surface area contributed by atoms with Gasteiger partial charge < -0.3 is 39.5 Å². The monoisotopic (exact) mass is 1240 g/mol. The smallest absolute Gasteiger partial charge is 0.410 e. The minimum Gasteiger partial charge on any atom is -0.410 e. The predicted octanol–water partition coefficient (Wildman–Crippen LogP) is 5.26. The summed E-state index contributed by atoms with van der Waals surface area (Å²) in [6, 6.07) is 2.80. The Kier molecular flexibility index (Phi) is 24.4. The maximum Gasteiger partial charge on any atom is 0.415 e. The lowest BCUT2D eigenvalue weighted by molar-refractivity contribution is -0.148. The van der Waals surface area contributed by atoms with Crippen LogP contribution >= 0.6 is 31.9 Å². The van der Waals surface area contributed by atoms with Crippen LogP contribution in [0.25, 0.3) is 0 Å². The molecule has 9 unspecified atom stereocenters. The number of carbonyl (C=O) groups is 6. The van der Waals surface area contributed by atoms with Crippen molar-refractivity contribution in [1.29, 1.82) is 0 Å². The Bertz CT molecular complexity index is 2450. The minimum absolute atomic E-state index is 0.000265. The van der Waals surface area contributed by atoms with E-state index >= 15 is 0 Å². The number of likely N-dealkylation sites (tertiary alicyclic amines) is 2. The van der Waals surface area contributed by atoms with E-state index < -0.39 is 81.5 Å². The Morgan fingerprint density at radius 1 is 0.821 bits per heavy atom. The van der Waals surface area contributed by atoms with Gasteiger partial charge in [-0.2, -0.15) is 0 Å². The highest BCUT2D eigenvalue weighted by molar-refractivity contribution is 9.09. The molecule has 3 aliphatic rings. The number of rotatable bonds is 28. The Morgan fingerprint density at radius 2 is 1.47 bits per heavy atom. The molecule has 0 radical (unpaired) electrons. The summed E-state index contributed by atoms with van der Waals surface area (Å²) in [7, 11) is 4.36. The number of hydrogen-bond donors (Lipinski definition) is 3. The lowest BCUT2D eigenvalue weighted by Crippen LogP contribution is -2.59. The fourth-order valence-electron chi connectivity index (χ4n) is 11.0. The van der Waals surface area contributed by atoms with Crippen LogP contribution in [0.1, 0.15) is 117 Å². The van der Waals surface area contributed by atoms with E-state index in [1.54, 1.807) is 52.9 Å². The van der Waals surface area contributed by atoms with Gasteiger partial charge in [0.1, 0.15) is 17.8 Å². The lowest BCUT2D eigenvalue weighted by Gasteiger charge is -2.41. The van der Waals surface area contributed by atoms with Gasteiger partial charge in [0.15, 0.2) is 0 Å². The van der Waals surface area contributed by atoms with Crippen LogP contribution in [0.5, 0.6) is 5.75 Å². The van der Waals surface area contributed by atoms with Crippen LogP contribution in [0.2, 0.25) is 0 Å². The molecule has 6 amide bonds. The Labute approximate surface area is 479 Å². The van der Waals surface area contributed by atoms with Crippen molar-refractivity contribution in [3.63, 3.8) is 0 Å². The fraction of sp³-hybridized carbons (Fsp3) is 0.741. The maximum atomic E-state index is 14.5. The van der Waals surface area contributed by atoms with Crippen molar-refractivity contribution in [2.75, 3.05) is 55.0 Å². The highest BCUT2D eigenvalue weighted by Crippen LogP contribution is 2.31. The molecule has 2 aromatic rings. The summed E-state index contributed by atoms with van der Waals surface area (Å²) in [6.07, 6.45) is 1.98. The second kappa shape index (κ2) is 29.5. The van der Waals surface area contributed by atoms with Crippen LogP contribution < -0.4 is 20.1 Å². The highest BCUT2D eigenvalue weighted by atomic mass is 79.9. The van der Waals surface area contributed by atoms with Crippen LogP contribution in [0.4, 0.5) is 4.79 Å². The molecule has 21 nitrogen and oxygen atoms in total. The summed E-state index contributed by atoms with van der Waals surface area (Å²) in [4.78, 5) is 90.8. The van der Waals surface area contributed by atoms with Crippen LogP contribution in [0, 0.1) is 29.6 Å². The number of aromatic nitrogens is 3. The van der Waals surface area contributed by atoms with Crippen molar-refractivity contribution in [2.45, 2.75) is 171 Å². The first-order valence-electron chi connectivity index (χ1n) is 27.4. The molecule has 1 aliphatic carbocycles. The third-order valence-electron chi connectivity index (χ3n) is 15.8. The molecule has 24 heteroatoms. The molecule has 3 N–H and O–H groups in total. The highest BCUT2D eigenvalue weighted by Gasteiger charge is 2.44. The van der Waals surface area contributed by atoms with Gasteiger partial charge in [-0.1, -0.05) is 104 Å². The third-order valence-corrected chi connectivity index (χ3v) is 18.7. The normalized spacial score (nSPS) is 19.4. The van der Waals surface area contributed by atoms with E-state index in [-0.39, 0.29) is 54.1 Å². The van der Waals surface area contributed by atoms with Gasteiger partial charge >= 0.3 is 6.09 Å². The molecule has 78 heavy (non-hydrogen) atoms. The van der Waals surface area contributed by atoms with E-state index in [1.165, 1.54) is 14.2 Å². The SMILES string of the molecule is CCC(C)C(C(CC(=O)N1CCCC1C(OC)C(C)C(=O)NC(Cc1ccc(OC(=O)N2CCC(Cn3nnc(CBr)c3CBr)CC2)cc1)C(=O)NS(=O)(=O)C1CC1)OC)N(C)C(=O)C(NC(=O)C(C(C)C)N(C)C)C(C)C. The summed E-state index contributed by atoms with van der Waals surface area (Å²) in [5.41, 5.74) is 2.47. The molecule has 5 rings (SSSR count). The summed E-state index contributed by atoms with van der Waals surface area (Å²) in [5.74, 6) is -2.93. The number of alkyl halides is 2. The number of amides is 6. The van der Waals surface area contributed by atoms with E-state index in [0.717, 1.165) is 24.2 Å². The zero-order chi connectivity index (χ0) is 57.8. The van der Waals surface area contributed by atoms with Crippen molar-refractivity contribution in [3.8, 4) is 5.75 Å². The number of nitrogens with zero attached hydrogens (tertiary/aromatic N) is 7. The molecule has 3 heterocycles. The molecule has 1 aromatic carbocycles. The van der Waals surface area contributed by atoms with E-state index in [1.807, 2.05) is 65.2 Å². The second-order valence-electron chi connectivity index (χ2n) is 22.3. The zero-order valence-corrected chi connectivity index (χ0v) is 51.7. The number of halogens is 2. The van der Waals surface area contributed by atoms with E-state index in [0.29, 0.717) is 80.4 Å². The largest absolute Gasteiger partial charge is 0.415 e. The van der Waals surface area contributed by atoms with Gasteiger partial charge in [-0.3, -0.25) is 33.6 Å². The van der Waals surface area contributed by atoms with Gasteiger partial charge in [0.25, 0.3) is 5.91 Å². The summed E-state index contributed by atoms with van der Waals surface area (Å²) < 4.78 is 48.0. The first-order valence-corrected chi connectivity index (χ1v) is 31.2. The standard InChI is InChI=1S/C54H86Br2N10O11S/c1-13-34(6)48(63(10)53(71)46(32(2)3)58-52(70)47(33(4)5)62(8)9)44(75-11)28-45(67)65-24-14-15-42(65)49(76-12)35(7)50(68)57-40(51(69)60-78(73,74)39-20-21-39)27-36-16-18-38(19-17-36)77-54(72)64-25-22-37(23-26-64)31-66-43(30-56)41(29-55)59-61-66/h16-19,32-35,37,39-40,42,44,46-49H,13-15,20-31H2,1-12H3,(H,57,68)(H,58,70)(H,60,69). The van der Waals surface area contributed by atoms with Crippen molar-refractivity contribution < 1.29 is 51.4 Å². The lowest BCUT2D eigenvalue weighted by atomic mass is 9.89. The van der Waals surface area contributed by atoms with Crippen LogP contribution in [-0.4, -0.2) is 181 Å². The van der Waals surface area contributed by atoms with Gasteiger partial charge in [-0.05, 0) is 94.0 Å². The number of carbonyl (C=O) groups excluding carboxylic acids is 6. The predicted molar refractivity (Wildman–Crippen MR) is 303 cm³/mol. The molecule has 0 spiro atoms.